The van der Waals surface area contributed by atoms with Gasteiger partial charge in [0.2, 0.25) is 0 Å². The molecule has 3 rings (SSSR count). The van der Waals surface area contributed by atoms with E-state index in [9.17, 15) is 4.39 Å². The number of nitrogens with one attached hydrogen (secondary N) is 1. The summed E-state index contributed by atoms with van der Waals surface area (Å²) in [5.41, 5.74) is 2.32. The van der Waals surface area contributed by atoms with Crippen molar-refractivity contribution in [3.05, 3.63) is 87.1 Å². The lowest BCUT2D eigenvalue weighted by Gasteiger charge is -2.15. The Morgan fingerprint density at radius 3 is 2.44 bits per heavy atom. The molecule has 0 aliphatic rings. The predicted octanol–water partition coefficient (Wildman–Crippen LogP) is 6.44. The molecule has 0 bridgehead atoms. The quantitative estimate of drug-likeness (QED) is 0.449. The van der Waals surface area contributed by atoms with Crippen molar-refractivity contribution in [2.45, 2.75) is 13.2 Å². The Kier molecular flexibility index (Phi) is 6.58. The van der Waals surface area contributed by atoms with E-state index in [0.29, 0.717) is 28.6 Å². The van der Waals surface area contributed by atoms with Crippen LogP contribution in [0.3, 0.4) is 0 Å². The zero-order valence-corrected chi connectivity index (χ0v) is 17.0. The fourth-order valence-corrected chi connectivity index (χ4v) is 3.01. The van der Waals surface area contributed by atoms with Crippen LogP contribution in [0.2, 0.25) is 5.02 Å². The summed E-state index contributed by atoms with van der Waals surface area (Å²) in [5.74, 6) is 0.708. The van der Waals surface area contributed by atoms with Crippen molar-refractivity contribution in [1.82, 2.24) is 0 Å². The molecule has 3 aromatic rings. The van der Waals surface area contributed by atoms with E-state index in [-0.39, 0.29) is 12.4 Å². The van der Waals surface area contributed by atoms with Crippen LogP contribution in [-0.2, 0) is 13.2 Å². The maximum atomic E-state index is 13.8. The third-order valence-electron chi connectivity index (χ3n) is 4.00. The van der Waals surface area contributed by atoms with Gasteiger partial charge in [-0.05, 0) is 42.0 Å². The van der Waals surface area contributed by atoms with Crippen molar-refractivity contribution in [3.63, 3.8) is 0 Å². The Morgan fingerprint density at radius 1 is 1.00 bits per heavy atom. The summed E-state index contributed by atoms with van der Waals surface area (Å²) >= 11 is 9.82. The molecular formula is C21H18BrClFNO2. The van der Waals surface area contributed by atoms with Crippen LogP contribution < -0.4 is 14.8 Å². The van der Waals surface area contributed by atoms with Crippen LogP contribution in [0.5, 0.6) is 11.5 Å². The minimum atomic E-state index is -0.308. The second-order valence-corrected chi connectivity index (χ2v) is 7.16. The SMILES string of the molecule is COc1cc(CNc2ccc(Br)cc2)c(Cl)cc1OCc1ccccc1F. The maximum Gasteiger partial charge on any atom is 0.163 e. The van der Waals surface area contributed by atoms with E-state index in [1.807, 2.05) is 30.3 Å². The molecular weight excluding hydrogens is 433 g/mol. The first-order valence-corrected chi connectivity index (χ1v) is 9.46. The highest BCUT2D eigenvalue weighted by Gasteiger charge is 2.12. The van der Waals surface area contributed by atoms with Crippen LogP contribution in [0.4, 0.5) is 10.1 Å². The molecule has 140 valence electrons. The van der Waals surface area contributed by atoms with Crippen LogP contribution in [0.25, 0.3) is 0 Å². The van der Waals surface area contributed by atoms with E-state index >= 15 is 0 Å². The first kappa shape index (κ1) is 19.5. The molecule has 0 spiro atoms. The molecule has 0 heterocycles. The Labute approximate surface area is 171 Å². The Morgan fingerprint density at radius 2 is 1.74 bits per heavy atom. The van der Waals surface area contributed by atoms with Gasteiger partial charge >= 0.3 is 0 Å². The first-order valence-electron chi connectivity index (χ1n) is 8.29. The van der Waals surface area contributed by atoms with Crippen LogP contribution in [0, 0.1) is 5.82 Å². The van der Waals surface area contributed by atoms with Gasteiger partial charge in [-0.2, -0.15) is 0 Å². The second-order valence-electron chi connectivity index (χ2n) is 5.84. The minimum absolute atomic E-state index is 0.0931. The van der Waals surface area contributed by atoms with Gasteiger partial charge in [-0.3, -0.25) is 0 Å². The maximum absolute atomic E-state index is 13.8. The first-order chi connectivity index (χ1) is 13.1. The molecule has 0 radical (unpaired) electrons. The number of methoxy groups -OCH3 is 1. The standard InChI is InChI=1S/C21H18BrClFNO2/c1-26-20-10-15(12-25-17-8-6-16(22)7-9-17)18(23)11-21(20)27-13-14-4-2-3-5-19(14)24/h2-11,25H,12-13H2,1H3. The van der Waals surface area contributed by atoms with Crippen molar-refractivity contribution >= 4 is 33.2 Å². The van der Waals surface area contributed by atoms with E-state index in [4.69, 9.17) is 21.1 Å². The van der Waals surface area contributed by atoms with Gasteiger partial charge in [-0.15, -0.1) is 0 Å². The van der Waals surface area contributed by atoms with E-state index < -0.39 is 0 Å². The third-order valence-corrected chi connectivity index (χ3v) is 4.88. The summed E-state index contributed by atoms with van der Waals surface area (Å²) < 4.78 is 25.9. The summed E-state index contributed by atoms with van der Waals surface area (Å²) in [7, 11) is 1.56. The molecule has 0 unspecified atom stereocenters. The molecule has 0 fully saturated rings. The van der Waals surface area contributed by atoms with Gasteiger partial charge in [0.05, 0.1) is 7.11 Å². The topological polar surface area (TPSA) is 30.5 Å². The molecule has 0 aliphatic heterocycles. The lowest BCUT2D eigenvalue weighted by Crippen LogP contribution is -2.03. The number of ether oxygens (including phenoxy) is 2. The lowest BCUT2D eigenvalue weighted by molar-refractivity contribution is 0.279. The van der Waals surface area contributed by atoms with E-state index in [1.165, 1.54) is 6.07 Å². The fraction of sp³-hybridized carbons (Fsp3) is 0.143. The number of rotatable bonds is 7. The molecule has 6 heteroatoms. The van der Waals surface area contributed by atoms with Crippen molar-refractivity contribution < 1.29 is 13.9 Å². The molecule has 0 saturated heterocycles. The van der Waals surface area contributed by atoms with E-state index in [1.54, 1.807) is 31.4 Å². The minimum Gasteiger partial charge on any atom is -0.493 e. The summed E-state index contributed by atoms with van der Waals surface area (Å²) in [6.07, 6.45) is 0. The van der Waals surface area contributed by atoms with Gasteiger partial charge in [0, 0.05) is 33.4 Å². The van der Waals surface area contributed by atoms with Crippen molar-refractivity contribution in [2.75, 3.05) is 12.4 Å². The Bertz CT molecular complexity index is 919. The van der Waals surface area contributed by atoms with Crippen LogP contribution in [0.1, 0.15) is 11.1 Å². The van der Waals surface area contributed by atoms with E-state index in [2.05, 4.69) is 21.2 Å². The Hall–Kier alpha value is -2.24. The van der Waals surface area contributed by atoms with Crippen LogP contribution in [-0.4, -0.2) is 7.11 Å². The van der Waals surface area contributed by atoms with Gasteiger partial charge in [0.1, 0.15) is 12.4 Å². The average molecular weight is 451 g/mol. The van der Waals surface area contributed by atoms with Crippen molar-refractivity contribution in [2.24, 2.45) is 0 Å². The largest absolute Gasteiger partial charge is 0.493 e. The van der Waals surface area contributed by atoms with Gasteiger partial charge in [0.15, 0.2) is 11.5 Å². The van der Waals surface area contributed by atoms with Gasteiger partial charge in [-0.25, -0.2) is 4.39 Å². The zero-order chi connectivity index (χ0) is 19.2. The van der Waals surface area contributed by atoms with Gasteiger partial charge in [0.25, 0.3) is 0 Å². The number of halogens is 3. The molecule has 3 nitrogen and oxygen atoms in total. The highest BCUT2D eigenvalue weighted by molar-refractivity contribution is 9.10. The highest BCUT2D eigenvalue weighted by atomic mass is 79.9. The molecule has 27 heavy (non-hydrogen) atoms. The average Bonchev–Trinajstić information content (AvgIpc) is 2.68. The van der Waals surface area contributed by atoms with E-state index in [0.717, 1.165) is 15.7 Å². The fourth-order valence-electron chi connectivity index (χ4n) is 2.52. The summed E-state index contributed by atoms with van der Waals surface area (Å²) in [4.78, 5) is 0. The molecule has 1 N–H and O–H groups in total. The van der Waals surface area contributed by atoms with Gasteiger partial charge < -0.3 is 14.8 Å². The van der Waals surface area contributed by atoms with Gasteiger partial charge in [-0.1, -0.05) is 45.7 Å². The molecule has 0 aliphatic carbocycles. The number of benzene rings is 3. The molecule has 0 amide bonds. The summed E-state index contributed by atoms with van der Waals surface area (Å²) in [6.45, 7) is 0.625. The zero-order valence-electron chi connectivity index (χ0n) is 14.6. The van der Waals surface area contributed by atoms with Crippen molar-refractivity contribution in [1.29, 1.82) is 0 Å². The third kappa shape index (κ3) is 5.15. The number of hydrogen-bond acceptors (Lipinski definition) is 3. The summed E-state index contributed by atoms with van der Waals surface area (Å²) in [6, 6.07) is 17.9. The monoisotopic (exact) mass is 449 g/mol. The van der Waals surface area contributed by atoms with Crippen molar-refractivity contribution in [3.8, 4) is 11.5 Å². The Balaban J connectivity index is 1.72. The van der Waals surface area contributed by atoms with Crippen LogP contribution in [0.15, 0.2) is 65.1 Å². The second kappa shape index (κ2) is 9.11. The molecule has 0 saturated carbocycles. The smallest absolute Gasteiger partial charge is 0.163 e. The highest BCUT2D eigenvalue weighted by Crippen LogP contribution is 2.34. The predicted molar refractivity (Wildman–Crippen MR) is 110 cm³/mol. The number of hydrogen-bond donors (Lipinski definition) is 1. The molecule has 3 aromatic carbocycles. The normalized spacial score (nSPS) is 10.5. The molecule has 0 aromatic heterocycles. The number of anilines is 1. The summed E-state index contributed by atoms with van der Waals surface area (Å²) in [5, 5.41) is 3.86. The molecule has 0 atom stereocenters. The lowest BCUT2D eigenvalue weighted by atomic mass is 10.2. The van der Waals surface area contributed by atoms with Crippen LogP contribution >= 0.6 is 27.5 Å².